The zero-order valence-electron chi connectivity index (χ0n) is 65.0. The van der Waals surface area contributed by atoms with E-state index in [0.717, 1.165) is 51.1 Å². The van der Waals surface area contributed by atoms with Crippen LogP contribution >= 0.6 is 21.6 Å². The molecular formula is C76H113N17O18S2. The Morgan fingerprint density at radius 3 is 1.87 bits per heavy atom. The van der Waals surface area contributed by atoms with Gasteiger partial charge >= 0.3 is 5.97 Å². The second-order valence-corrected chi connectivity index (χ2v) is 34.0. The Morgan fingerprint density at radius 1 is 0.637 bits per heavy atom. The number of fused-ring (bicyclic) bond motifs is 3. The van der Waals surface area contributed by atoms with Crippen LogP contribution in [0.2, 0.25) is 0 Å². The molecule has 7 heterocycles. The summed E-state index contributed by atoms with van der Waals surface area (Å²) >= 11 is 0. The summed E-state index contributed by atoms with van der Waals surface area (Å²) in [6.07, 6.45) is 6.49. The maximum absolute atomic E-state index is 13.6. The van der Waals surface area contributed by atoms with Crippen LogP contribution in [0, 0.1) is 29.1 Å². The van der Waals surface area contributed by atoms with E-state index >= 15 is 0 Å². The number of ketones is 1. The van der Waals surface area contributed by atoms with Gasteiger partial charge < -0.3 is 101 Å². The molecule has 7 fully saturated rings. The highest BCUT2D eigenvalue weighted by molar-refractivity contribution is 8.76. The first kappa shape index (κ1) is 89.6. The van der Waals surface area contributed by atoms with Gasteiger partial charge in [-0.05, 0) is 124 Å². The number of carboxylic acids is 1. The molecule has 2 aromatic rings. The number of amides is 11. The molecule has 11 amide bonds. The smallest absolute Gasteiger partial charge is 0.327 e. The van der Waals surface area contributed by atoms with Gasteiger partial charge in [0, 0.05) is 67.8 Å². The fourth-order valence-electron chi connectivity index (χ4n) is 14.5. The standard InChI is InChI=1S/C28H38N4O5.C27H39N5O6.C21H36N8O7S2/c1-17(2)10-23-27(36)31-18(3)24(33)12-21(11-20-9-8-19-6-4-5-7-22(19)20)26(35)29-14-28(15-37-16-28)30-13-25(34)32-23;1-16(2)11-20-24(35)29-17(3)23(34)28-13-27(14-38-15-27)32-10-4-5-22(32)26(37)31-21(25(36)30-20)12-18-6-8-19(33)9-7-18;22-12-6-37-38-7-14(19(34)35)29-16(31)11(2-1-3-26-20(24)25)5-21(9-36-10-21)8-27-18(33)13(4-15(23)30)28-17(12)32/h4-7,9,17-18,21,23,30H,8,10-16H2,1-3H3,(H,29,35)(H,31,36)(H,32,34);6-9,16-17,20-22,33H,4-5,10-15H2,1-3H3,(H,28,34)(H,29,35)(H,30,36)(H,31,37);11-14H,1-10,22H2,(H2,23,30)(H,27,33)(H,28,32)(H,29,31)(H,34,35)(H4,24,25,26)/t18-,21+,23-;17-,20-,21-,22-;11-,12+,13+,14+/m001/s1. The number of phenolic OH excluding ortho intramolecular Hbond substituents is 1. The van der Waals surface area contributed by atoms with Gasteiger partial charge in [-0.15, -0.1) is 0 Å². The minimum absolute atomic E-state index is 0.00488. The molecule has 8 aliphatic rings. The number of rotatable bonds is 15. The summed E-state index contributed by atoms with van der Waals surface area (Å²) in [5, 5.41) is 50.4. The highest BCUT2D eigenvalue weighted by Gasteiger charge is 2.52. The largest absolute Gasteiger partial charge is 0.508 e. The van der Waals surface area contributed by atoms with Crippen LogP contribution in [0.4, 0.5) is 0 Å². The number of nitrogens with two attached hydrogens (primary N) is 4. The summed E-state index contributed by atoms with van der Waals surface area (Å²) in [4.78, 5) is 174. The van der Waals surface area contributed by atoms with E-state index in [4.69, 9.17) is 37.1 Å². The third-order valence-electron chi connectivity index (χ3n) is 21.1. The van der Waals surface area contributed by atoms with Crippen LogP contribution in [-0.4, -0.2) is 254 Å². The van der Waals surface area contributed by atoms with Crippen molar-refractivity contribution in [3.63, 3.8) is 0 Å². The molecule has 0 saturated carbocycles. The van der Waals surface area contributed by atoms with Crippen molar-refractivity contribution in [1.82, 2.24) is 63.4 Å². The number of Topliss-reactive ketones (excluding diaryl/α,β-unsaturated/α-hetero) is 1. The van der Waals surface area contributed by atoms with Crippen LogP contribution in [0.3, 0.4) is 0 Å². The van der Waals surface area contributed by atoms with Gasteiger partial charge in [-0.1, -0.05) is 91.8 Å². The first-order valence-corrected chi connectivity index (χ1v) is 41.0. The molecule has 3 spiro atoms. The summed E-state index contributed by atoms with van der Waals surface area (Å²) in [5.41, 5.74) is 24.4. The first-order chi connectivity index (χ1) is 53.6. The number of nitrogens with one attached hydrogen (secondary N) is 11. The molecule has 622 valence electrons. The molecule has 0 unspecified atom stereocenters. The number of ether oxygens (including phenoxy) is 3. The van der Waals surface area contributed by atoms with E-state index in [1.54, 1.807) is 26.0 Å². The van der Waals surface area contributed by atoms with E-state index in [2.05, 4.69) is 80.5 Å². The van der Waals surface area contributed by atoms with Crippen molar-refractivity contribution in [1.29, 1.82) is 0 Å². The molecule has 21 N–H and O–H groups in total. The minimum Gasteiger partial charge on any atom is -0.508 e. The van der Waals surface area contributed by atoms with Crippen molar-refractivity contribution in [3.8, 4) is 5.75 Å². The zero-order chi connectivity index (χ0) is 82.3. The van der Waals surface area contributed by atoms with Crippen molar-refractivity contribution >= 4 is 110 Å². The average Bonchev–Trinajstić information content (AvgIpc) is 1.71. The van der Waals surface area contributed by atoms with Gasteiger partial charge in [0.05, 0.1) is 81.8 Å². The third-order valence-corrected chi connectivity index (χ3v) is 23.5. The number of phenols is 1. The Kier molecular flexibility index (Phi) is 33.2. The summed E-state index contributed by atoms with van der Waals surface area (Å²) in [6.45, 7) is 14.7. The van der Waals surface area contributed by atoms with Crippen LogP contribution in [0.15, 0.2) is 59.6 Å². The number of hydrogen-bond acceptors (Lipinski definition) is 23. The normalized spacial score (nSPS) is 27.6. The molecule has 113 heavy (non-hydrogen) atoms. The molecular weight excluding hydrogens is 1500 g/mol. The minimum atomic E-state index is -1.23. The summed E-state index contributed by atoms with van der Waals surface area (Å²) in [6, 6.07) is 6.49. The highest BCUT2D eigenvalue weighted by atomic mass is 33.1. The lowest BCUT2D eigenvalue weighted by Crippen LogP contribution is -2.70. The molecule has 11 atom stereocenters. The van der Waals surface area contributed by atoms with Gasteiger partial charge in [0.15, 0.2) is 11.7 Å². The van der Waals surface area contributed by atoms with Crippen LogP contribution < -0.4 is 81.4 Å². The number of guanidine groups is 1. The Morgan fingerprint density at radius 2 is 1.25 bits per heavy atom. The molecule has 0 aromatic heterocycles. The number of benzene rings is 2. The van der Waals surface area contributed by atoms with Crippen LogP contribution in [0.25, 0.3) is 5.57 Å². The van der Waals surface area contributed by atoms with Crippen LogP contribution in [0.5, 0.6) is 5.75 Å². The van der Waals surface area contributed by atoms with E-state index in [1.165, 1.54) is 17.7 Å². The number of hydrogen-bond donors (Lipinski definition) is 17. The number of aliphatic imine (C=N–C) groups is 1. The van der Waals surface area contributed by atoms with Crippen molar-refractivity contribution in [2.75, 3.05) is 90.4 Å². The molecule has 2 aromatic carbocycles. The van der Waals surface area contributed by atoms with E-state index in [1.807, 2.05) is 45.9 Å². The van der Waals surface area contributed by atoms with Crippen LogP contribution in [0.1, 0.15) is 122 Å². The number of allylic oxidation sites excluding steroid dienone is 2. The third kappa shape index (κ3) is 26.3. The Hall–Kier alpha value is -8.98. The fourth-order valence-corrected chi connectivity index (χ4v) is 16.8. The van der Waals surface area contributed by atoms with E-state index in [0.29, 0.717) is 78.0 Å². The lowest BCUT2D eigenvalue weighted by molar-refractivity contribution is -0.156. The maximum atomic E-state index is 13.6. The molecule has 7 saturated heterocycles. The lowest BCUT2D eigenvalue weighted by atomic mass is 9.75. The second-order valence-electron chi connectivity index (χ2n) is 31.5. The molecule has 35 nitrogen and oxygen atoms in total. The van der Waals surface area contributed by atoms with Gasteiger partial charge in [0.2, 0.25) is 65.0 Å². The Balaban J connectivity index is 0.000000212. The highest BCUT2D eigenvalue weighted by Crippen LogP contribution is 2.38. The summed E-state index contributed by atoms with van der Waals surface area (Å²) in [7, 11) is 2.28. The number of nitrogens with zero attached hydrogens (tertiary/aromatic N) is 2. The maximum Gasteiger partial charge on any atom is 0.327 e. The monoisotopic (exact) mass is 1620 g/mol. The first-order valence-electron chi connectivity index (χ1n) is 38.5. The zero-order valence-corrected chi connectivity index (χ0v) is 66.7. The molecule has 10 rings (SSSR count). The number of carbonyl (C=O) groups excluding carboxylic acids is 12. The van der Waals surface area contributed by atoms with E-state index < -0.39 is 136 Å². The number of carboxylic acid groups (broad SMARTS) is 1. The van der Waals surface area contributed by atoms with Crippen molar-refractivity contribution < 1.29 is 86.8 Å². The van der Waals surface area contributed by atoms with E-state index in [-0.39, 0.29) is 123 Å². The van der Waals surface area contributed by atoms with Gasteiger partial charge in [0.1, 0.15) is 42.0 Å². The number of carbonyl (C=O) groups is 13. The summed E-state index contributed by atoms with van der Waals surface area (Å²) < 4.78 is 16.3. The van der Waals surface area contributed by atoms with Crippen molar-refractivity contribution in [2.45, 2.75) is 184 Å². The van der Waals surface area contributed by atoms with Gasteiger partial charge in [-0.25, -0.2) is 4.79 Å². The topological polar surface area (TPSA) is 542 Å². The molecule has 7 aliphatic heterocycles. The lowest BCUT2D eigenvalue weighted by Gasteiger charge is -2.50. The predicted molar refractivity (Wildman–Crippen MR) is 421 cm³/mol. The Bertz CT molecular complexity index is 3800. The number of aromatic hydroxyl groups is 1. The SMILES string of the molecule is CC(C)C[C@@H]1NC(=O)CNC2(CNC(=O)[C@H](CC3=CCc4ccccc43)CC(=O)[C@H](C)NC1=O)COC2.CC(C)C[C@@H]1NC(=O)[C@H](Cc2ccc(O)cc2)NC(=O)[C@@H]2CCCN2C2(CNC(=O)[C@H](C)NC1=O)COC2.NC(=O)C[C@@H]1NC(=O)[C@@H](N)CSSC[C@@H](C(=O)O)NC(=O)[C@H](CCCN=C(N)N)CC2(CNC1=O)COC2. The average molecular weight is 1620 g/mol. The molecule has 0 radical (unpaired) electrons. The molecule has 1 aliphatic carbocycles. The van der Waals surface area contributed by atoms with E-state index in [9.17, 15) is 72.5 Å². The van der Waals surface area contributed by atoms with Crippen molar-refractivity contribution in [2.24, 2.45) is 57.0 Å². The van der Waals surface area contributed by atoms with Gasteiger partial charge in [-0.3, -0.25) is 72.7 Å². The van der Waals surface area contributed by atoms with Crippen LogP contribution in [-0.2, 0) is 89.4 Å². The Labute approximate surface area is 665 Å². The van der Waals surface area contributed by atoms with Gasteiger partial charge in [-0.2, -0.15) is 0 Å². The molecule has 37 heteroatoms. The second kappa shape index (κ2) is 41.9. The van der Waals surface area contributed by atoms with Gasteiger partial charge in [0.25, 0.3) is 0 Å². The predicted octanol–water partition coefficient (Wildman–Crippen LogP) is -2.24. The number of aliphatic carboxylic acids is 1. The summed E-state index contributed by atoms with van der Waals surface area (Å²) in [5.74, 6) is -7.21. The quantitative estimate of drug-likeness (QED) is 0.0388. The number of primary amides is 1. The molecule has 0 bridgehead atoms. The fraction of sp³-hybridized carbons (Fsp3) is 0.632. The van der Waals surface area contributed by atoms with Crippen molar-refractivity contribution in [3.05, 3.63) is 71.3 Å².